The fraction of sp³-hybridized carbons (Fsp3) is 0.333. The van der Waals surface area contributed by atoms with Crippen LogP contribution in [0.2, 0.25) is 0 Å². The van der Waals surface area contributed by atoms with Crippen molar-refractivity contribution in [2.45, 2.75) is 26.4 Å². The monoisotopic (exact) mass is 314 g/mol. The van der Waals surface area contributed by atoms with E-state index in [1.165, 1.54) is 6.07 Å². The maximum Gasteiger partial charge on any atom is 0.226 e. The van der Waals surface area contributed by atoms with E-state index in [9.17, 15) is 4.39 Å². The second-order valence-electron chi connectivity index (χ2n) is 3.72. The van der Waals surface area contributed by atoms with Gasteiger partial charge in [0.2, 0.25) is 11.7 Å². The predicted octanol–water partition coefficient (Wildman–Crippen LogP) is 3.50. The lowest BCUT2D eigenvalue weighted by Gasteiger charge is -2.03. The molecule has 2 aromatic rings. The van der Waals surface area contributed by atoms with E-state index in [-0.39, 0.29) is 12.4 Å². The minimum Gasteiger partial charge on any atom is -0.485 e. The first kappa shape index (κ1) is 13.0. The van der Waals surface area contributed by atoms with Crippen LogP contribution in [0, 0.1) is 5.82 Å². The lowest BCUT2D eigenvalue weighted by atomic mass is 10.3. The molecule has 2 rings (SSSR count). The molecule has 0 aliphatic rings. The van der Waals surface area contributed by atoms with Crippen molar-refractivity contribution in [2.24, 2.45) is 0 Å². The Bertz CT molecular complexity index is 531. The van der Waals surface area contributed by atoms with Crippen molar-refractivity contribution in [3.05, 3.63) is 40.2 Å². The van der Waals surface area contributed by atoms with E-state index in [1.807, 2.05) is 6.92 Å². The molecule has 1 aromatic carbocycles. The fourth-order valence-electron chi connectivity index (χ4n) is 1.38. The van der Waals surface area contributed by atoms with Crippen LogP contribution in [0.15, 0.2) is 27.2 Å². The molecule has 18 heavy (non-hydrogen) atoms. The molecule has 4 nitrogen and oxygen atoms in total. The van der Waals surface area contributed by atoms with E-state index in [0.717, 1.165) is 12.8 Å². The van der Waals surface area contributed by atoms with Gasteiger partial charge in [-0.2, -0.15) is 4.98 Å². The molecule has 0 unspecified atom stereocenters. The molecule has 6 heteroatoms. The summed E-state index contributed by atoms with van der Waals surface area (Å²) in [5.74, 6) is 1.31. The van der Waals surface area contributed by atoms with E-state index >= 15 is 0 Å². The Morgan fingerprint density at radius 3 is 3.00 bits per heavy atom. The normalized spacial score (nSPS) is 10.6. The van der Waals surface area contributed by atoms with Gasteiger partial charge in [0.25, 0.3) is 0 Å². The number of nitrogens with zero attached hydrogens (tertiary/aromatic N) is 2. The molecule has 0 fully saturated rings. The maximum absolute atomic E-state index is 13.0. The third-order valence-corrected chi connectivity index (χ3v) is 2.84. The molecule has 0 saturated carbocycles. The lowest BCUT2D eigenvalue weighted by molar-refractivity contribution is 0.284. The van der Waals surface area contributed by atoms with E-state index in [4.69, 9.17) is 9.26 Å². The Morgan fingerprint density at radius 2 is 2.28 bits per heavy atom. The number of hydrogen-bond donors (Lipinski definition) is 0. The number of rotatable bonds is 5. The number of benzene rings is 1. The Labute approximate surface area is 112 Å². The van der Waals surface area contributed by atoms with Crippen LogP contribution in [0.5, 0.6) is 5.75 Å². The fourth-order valence-corrected chi connectivity index (χ4v) is 1.74. The quantitative estimate of drug-likeness (QED) is 0.847. The first-order valence-corrected chi connectivity index (χ1v) is 6.37. The molecule has 1 aromatic heterocycles. The summed E-state index contributed by atoms with van der Waals surface area (Å²) >= 11 is 3.09. The van der Waals surface area contributed by atoms with Crippen LogP contribution in [-0.2, 0) is 13.0 Å². The van der Waals surface area contributed by atoms with Crippen LogP contribution < -0.4 is 4.74 Å². The van der Waals surface area contributed by atoms with Gasteiger partial charge in [0, 0.05) is 6.42 Å². The minimum absolute atomic E-state index is 0.200. The highest BCUT2D eigenvalue weighted by atomic mass is 79.9. The summed E-state index contributed by atoms with van der Waals surface area (Å²) in [5.41, 5.74) is 0. The lowest BCUT2D eigenvalue weighted by Crippen LogP contribution is -1.98. The highest BCUT2D eigenvalue weighted by Gasteiger charge is 2.07. The number of halogens is 2. The standard InChI is InChI=1S/C12H12BrFN2O2/c1-2-3-12-15-11(16-18-12)7-17-8-4-5-10(14)9(13)6-8/h4-6H,2-3,7H2,1H3. The number of aryl methyl sites for hydroxylation is 1. The molecule has 0 saturated heterocycles. The largest absolute Gasteiger partial charge is 0.485 e. The second kappa shape index (κ2) is 5.95. The summed E-state index contributed by atoms with van der Waals surface area (Å²) in [7, 11) is 0. The molecule has 0 spiro atoms. The number of hydrogen-bond acceptors (Lipinski definition) is 4. The van der Waals surface area contributed by atoms with Gasteiger partial charge in [-0.1, -0.05) is 12.1 Å². The summed E-state index contributed by atoms with van der Waals surface area (Å²) in [5, 5.41) is 3.79. The zero-order chi connectivity index (χ0) is 13.0. The smallest absolute Gasteiger partial charge is 0.226 e. The van der Waals surface area contributed by atoms with Gasteiger partial charge in [0.15, 0.2) is 6.61 Å². The summed E-state index contributed by atoms with van der Waals surface area (Å²) in [4.78, 5) is 4.17. The highest BCUT2D eigenvalue weighted by molar-refractivity contribution is 9.10. The van der Waals surface area contributed by atoms with Gasteiger partial charge in [-0.25, -0.2) is 4.39 Å². The Hall–Kier alpha value is -1.43. The molecule has 0 N–H and O–H groups in total. The van der Waals surface area contributed by atoms with Crippen LogP contribution in [0.3, 0.4) is 0 Å². The van der Waals surface area contributed by atoms with E-state index in [1.54, 1.807) is 12.1 Å². The van der Waals surface area contributed by atoms with Crippen molar-refractivity contribution in [3.63, 3.8) is 0 Å². The van der Waals surface area contributed by atoms with Crippen LogP contribution in [-0.4, -0.2) is 10.1 Å². The van der Waals surface area contributed by atoms with Gasteiger partial charge < -0.3 is 9.26 Å². The van der Waals surface area contributed by atoms with Crippen LogP contribution in [0.25, 0.3) is 0 Å². The molecule has 1 heterocycles. The average Bonchev–Trinajstić information content (AvgIpc) is 2.79. The molecular formula is C12H12BrFN2O2. The second-order valence-corrected chi connectivity index (χ2v) is 4.57. The van der Waals surface area contributed by atoms with Crippen molar-refractivity contribution in [1.82, 2.24) is 10.1 Å². The Kier molecular flexibility index (Phi) is 4.30. The van der Waals surface area contributed by atoms with Crippen LogP contribution in [0.1, 0.15) is 25.1 Å². The zero-order valence-electron chi connectivity index (χ0n) is 9.82. The van der Waals surface area contributed by atoms with E-state index in [0.29, 0.717) is 21.9 Å². The first-order valence-electron chi connectivity index (χ1n) is 5.58. The van der Waals surface area contributed by atoms with Crippen molar-refractivity contribution in [2.75, 3.05) is 0 Å². The van der Waals surface area contributed by atoms with Crippen molar-refractivity contribution < 1.29 is 13.7 Å². The molecule has 0 atom stereocenters. The predicted molar refractivity (Wildman–Crippen MR) is 66.7 cm³/mol. The summed E-state index contributed by atoms with van der Waals surface area (Å²) in [6.07, 6.45) is 1.71. The highest BCUT2D eigenvalue weighted by Crippen LogP contribution is 2.22. The van der Waals surface area contributed by atoms with E-state index < -0.39 is 0 Å². The molecular weight excluding hydrogens is 303 g/mol. The third-order valence-electron chi connectivity index (χ3n) is 2.23. The van der Waals surface area contributed by atoms with E-state index in [2.05, 4.69) is 26.1 Å². The third kappa shape index (κ3) is 3.29. The summed E-state index contributed by atoms with van der Waals surface area (Å²) < 4.78 is 23.8. The maximum atomic E-state index is 13.0. The van der Waals surface area contributed by atoms with Gasteiger partial charge in [-0.05, 0) is 40.5 Å². The molecule has 0 bridgehead atoms. The Balaban J connectivity index is 1.95. The van der Waals surface area contributed by atoms with Crippen molar-refractivity contribution >= 4 is 15.9 Å². The molecule has 0 radical (unpaired) electrons. The molecule has 0 aliphatic carbocycles. The van der Waals surface area contributed by atoms with Crippen molar-refractivity contribution in [1.29, 1.82) is 0 Å². The van der Waals surface area contributed by atoms with Gasteiger partial charge in [-0.3, -0.25) is 0 Å². The average molecular weight is 315 g/mol. The van der Waals surface area contributed by atoms with Gasteiger partial charge in [-0.15, -0.1) is 0 Å². The minimum atomic E-state index is -0.327. The first-order chi connectivity index (χ1) is 8.69. The molecule has 0 aliphatic heterocycles. The topological polar surface area (TPSA) is 48.2 Å². The Morgan fingerprint density at radius 1 is 1.44 bits per heavy atom. The van der Waals surface area contributed by atoms with Gasteiger partial charge in [0.05, 0.1) is 4.47 Å². The summed E-state index contributed by atoms with van der Waals surface area (Å²) in [6, 6.07) is 4.44. The molecule has 0 amide bonds. The molecule has 96 valence electrons. The summed E-state index contributed by atoms with van der Waals surface area (Å²) in [6.45, 7) is 2.24. The van der Waals surface area contributed by atoms with Gasteiger partial charge >= 0.3 is 0 Å². The zero-order valence-corrected chi connectivity index (χ0v) is 11.4. The number of aromatic nitrogens is 2. The van der Waals surface area contributed by atoms with Gasteiger partial charge in [0.1, 0.15) is 11.6 Å². The number of ether oxygens (including phenoxy) is 1. The van der Waals surface area contributed by atoms with Crippen LogP contribution >= 0.6 is 15.9 Å². The van der Waals surface area contributed by atoms with Crippen LogP contribution in [0.4, 0.5) is 4.39 Å². The SMILES string of the molecule is CCCc1nc(COc2ccc(F)c(Br)c2)no1. The van der Waals surface area contributed by atoms with Crippen molar-refractivity contribution in [3.8, 4) is 5.75 Å².